The maximum atomic E-state index is 9.89. The topological polar surface area (TPSA) is 68.5 Å². The standard InChI is InChI=1S/C14H17N3O3/c18-12-7-14-13(19-10-20-14)6-11(12)8-15-2-1-4-17-5-3-16-9-17/h3,5-7,9,15,18H,1-2,4,8,10H2. The first kappa shape index (κ1) is 12.8. The van der Waals surface area contributed by atoms with Gasteiger partial charge in [0, 0.05) is 37.1 Å². The number of aromatic nitrogens is 2. The van der Waals surface area contributed by atoms with Crippen molar-refractivity contribution in [1.82, 2.24) is 14.9 Å². The van der Waals surface area contributed by atoms with Crippen molar-refractivity contribution in [2.75, 3.05) is 13.3 Å². The van der Waals surface area contributed by atoms with Crippen LogP contribution in [0.5, 0.6) is 17.2 Å². The maximum Gasteiger partial charge on any atom is 0.231 e. The number of aryl methyl sites for hydroxylation is 1. The summed E-state index contributed by atoms with van der Waals surface area (Å²) in [6.45, 7) is 2.62. The van der Waals surface area contributed by atoms with Crippen molar-refractivity contribution in [3.8, 4) is 17.2 Å². The first-order valence-corrected chi connectivity index (χ1v) is 6.61. The minimum Gasteiger partial charge on any atom is -0.507 e. The van der Waals surface area contributed by atoms with Crippen LogP contribution in [0.4, 0.5) is 0 Å². The van der Waals surface area contributed by atoms with E-state index in [2.05, 4.69) is 10.3 Å². The molecular weight excluding hydrogens is 258 g/mol. The van der Waals surface area contributed by atoms with Crippen molar-refractivity contribution in [2.45, 2.75) is 19.5 Å². The molecule has 2 aromatic rings. The average Bonchev–Trinajstić information content (AvgIpc) is 3.09. The quantitative estimate of drug-likeness (QED) is 0.782. The highest BCUT2D eigenvalue weighted by Crippen LogP contribution is 2.37. The number of rotatable bonds is 6. The highest BCUT2D eigenvalue weighted by molar-refractivity contribution is 5.51. The molecule has 0 fully saturated rings. The number of benzene rings is 1. The van der Waals surface area contributed by atoms with Crippen LogP contribution >= 0.6 is 0 Å². The van der Waals surface area contributed by atoms with Gasteiger partial charge >= 0.3 is 0 Å². The Kier molecular flexibility index (Phi) is 3.73. The van der Waals surface area contributed by atoms with E-state index < -0.39 is 0 Å². The average molecular weight is 275 g/mol. The highest BCUT2D eigenvalue weighted by Gasteiger charge is 2.16. The van der Waals surface area contributed by atoms with Gasteiger partial charge in [0.05, 0.1) is 6.33 Å². The van der Waals surface area contributed by atoms with Crippen LogP contribution in [0, 0.1) is 0 Å². The van der Waals surface area contributed by atoms with E-state index in [9.17, 15) is 5.11 Å². The van der Waals surface area contributed by atoms with Crippen molar-refractivity contribution >= 4 is 0 Å². The van der Waals surface area contributed by atoms with Crippen LogP contribution in [0.15, 0.2) is 30.9 Å². The summed E-state index contributed by atoms with van der Waals surface area (Å²) < 4.78 is 12.5. The number of phenols is 1. The minimum atomic E-state index is 0.219. The van der Waals surface area contributed by atoms with Gasteiger partial charge < -0.3 is 24.5 Å². The van der Waals surface area contributed by atoms with Gasteiger partial charge in [-0.2, -0.15) is 0 Å². The normalized spacial score (nSPS) is 12.8. The summed E-state index contributed by atoms with van der Waals surface area (Å²) >= 11 is 0. The Balaban J connectivity index is 1.46. The Labute approximate surface area is 117 Å². The summed E-state index contributed by atoms with van der Waals surface area (Å²) in [6, 6.07) is 3.42. The third-order valence-corrected chi connectivity index (χ3v) is 3.22. The maximum absolute atomic E-state index is 9.89. The first-order chi connectivity index (χ1) is 9.83. The molecule has 0 radical (unpaired) electrons. The Bertz CT molecular complexity index is 569. The van der Waals surface area contributed by atoms with Crippen LogP contribution in [0.1, 0.15) is 12.0 Å². The molecule has 0 amide bonds. The van der Waals surface area contributed by atoms with E-state index in [0.29, 0.717) is 18.0 Å². The fourth-order valence-electron chi connectivity index (χ4n) is 2.14. The molecule has 6 nitrogen and oxygen atoms in total. The summed E-state index contributed by atoms with van der Waals surface area (Å²) in [4.78, 5) is 4.00. The van der Waals surface area contributed by atoms with E-state index in [1.807, 2.05) is 23.2 Å². The van der Waals surface area contributed by atoms with Gasteiger partial charge in [-0.05, 0) is 19.0 Å². The first-order valence-electron chi connectivity index (χ1n) is 6.61. The largest absolute Gasteiger partial charge is 0.507 e. The van der Waals surface area contributed by atoms with Crippen molar-refractivity contribution in [3.05, 3.63) is 36.4 Å². The molecule has 1 aliphatic heterocycles. The Hall–Kier alpha value is -2.21. The fourth-order valence-corrected chi connectivity index (χ4v) is 2.14. The second-order valence-corrected chi connectivity index (χ2v) is 4.67. The molecule has 3 rings (SSSR count). The predicted octanol–water partition coefficient (Wildman–Crippen LogP) is 1.50. The van der Waals surface area contributed by atoms with Crippen LogP contribution in [0.25, 0.3) is 0 Å². The molecule has 0 atom stereocenters. The smallest absolute Gasteiger partial charge is 0.231 e. The molecule has 106 valence electrons. The van der Waals surface area contributed by atoms with Gasteiger partial charge in [-0.3, -0.25) is 0 Å². The molecule has 1 aliphatic rings. The zero-order chi connectivity index (χ0) is 13.8. The molecule has 0 saturated carbocycles. The van der Waals surface area contributed by atoms with Crippen LogP contribution in [0.3, 0.4) is 0 Å². The van der Waals surface area contributed by atoms with E-state index in [1.54, 1.807) is 12.3 Å². The fraction of sp³-hybridized carbons (Fsp3) is 0.357. The van der Waals surface area contributed by atoms with Crippen LogP contribution < -0.4 is 14.8 Å². The molecule has 20 heavy (non-hydrogen) atoms. The summed E-state index contributed by atoms with van der Waals surface area (Å²) in [5.41, 5.74) is 0.817. The van der Waals surface area contributed by atoms with Gasteiger partial charge in [-0.15, -0.1) is 0 Å². The number of nitrogens with zero attached hydrogens (tertiary/aromatic N) is 2. The van der Waals surface area contributed by atoms with Gasteiger partial charge in [-0.25, -0.2) is 4.98 Å². The van der Waals surface area contributed by atoms with E-state index in [4.69, 9.17) is 9.47 Å². The lowest BCUT2D eigenvalue weighted by molar-refractivity contribution is 0.174. The van der Waals surface area contributed by atoms with E-state index in [1.165, 1.54) is 0 Å². The monoisotopic (exact) mass is 275 g/mol. The van der Waals surface area contributed by atoms with Crippen molar-refractivity contribution in [1.29, 1.82) is 0 Å². The number of ether oxygens (including phenoxy) is 2. The van der Waals surface area contributed by atoms with E-state index in [0.717, 1.165) is 25.1 Å². The zero-order valence-corrected chi connectivity index (χ0v) is 11.1. The molecule has 1 aromatic carbocycles. The second-order valence-electron chi connectivity index (χ2n) is 4.67. The molecule has 2 N–H and O–H groups in total. The lowest BCUT2D eigenvalue weighted by atomic mass is 10.1. The number of aromatic hydroxyl groups is 1. The van der Waals surface area contributed by atoms with E-state index in [-0.39, 0.29) is 12.5 Å². The lowest BCUT2D eigenvalue weighted by Crippen LogP contribution is -2.16. The molecule has 0 saturated heterocycles. The molecule has 6 heteroatoms. The second kappa shape index (κ2) is 5.83. The van der Waals surface area contributed by atoms with Gasteiger partial charge in [-0.1, -0.05) is 0 Å². The van der Waals surface area contributed by atoms with Crippen molar-refractivity contribution in [3.63, 3.8) is 0 Å². The minimum absolute atomic E-state index is 0.219. The number of fused-ring (bicyclic) bond motifs is 1. The molecule has 2 heterocycles. The third kappa shape index (κ3) is 2.85. The SMILES string of the molecule is Oc1cc2c(cc1CNCCCn1ccnc1)OCO2. The Morgan fingerprint density at radius 1 is 1.30 bits per heavy atom. The number of phenolic OH excluding ortho intramolecular Hbond substituents is 1. The third-order valence-electron chi connectivity index (χ3n) is 3.22. The molecule has 0 spiro atoms. The van der Waals surface area contributed by atoms with E-state index >= 15 is 0 Å². The predicted molar refractivity (Wildman–Crippen MR) is 72.8 cm³/mol. The van der Waals surface area contributed by atoms with Crippen molar-refractivity contribution < 1.29 is 14.6 Å². The van der Waals surface area contributed by atoms with Gasteiger partial charge in [0.25, 0.3) is 0 Å². The molecule has 0 bridgehead atoms. The van der Waals surface area contributed by atoms with Gasteiger partial charge in [0.15, 0.2) is 11.5 Å². The summed E-state index contributed by atoms with van der Waals surface area (Å²) in [5, 5.41) is 13.2. The number of nitrogens with one attached hydrogen (secondary N) is 1. The van der Waals surface area contributed by atoms with Gasteiger partial charge in [0.2, 0.25) is 6.79 Å². The summed E-state index contributed by atoms with van der Waals surface area (Å²) in [6.07, 6.45) is 6.53. The molecular formula is C14H17N3O3. The number of imidazole rings is 1. The molecule has 1 aromatic heterocycles. The Morgan fingerprint density at radius 3 is 2.95 bits per heavy atom. The molecule has 0 aliphatic carbocycles. The summed E-state index contributed by atoms with van der Waals surface area (Å²) in [7, 11) is 0. The van der Waals surface area contributed by atoms with Crippen LogP contribution in [-0.4, -0.2) is 28.0 Å². The van der Waals surface area contributed by atoms with Crippen LogP contribution in [-0.2, 0) is 13.1 Å². The number of hydrogen-bond donors (Lipinski definition) is 2. The highest BCUT2D eigenvalue weighted by atomic mass is 16.7. The number of hydrogen-bond acceptors (Lipinski definition) is 5. The molecule has 0 unspecified atom stereocenters. The van der Waals surface area contributed by atoms with Gasteiger partial charge in [0.1, 0.15) is 5.75 Å². The Morgan fingerprint density at radius 2 is 2.15 bits per heavy atom. The lowest BCUT2D eigenvalue weighted by Gasteiger charge is -2.08. The van der Waals surface area contributed by atoms with Crippen LogP contribution in [0.2, 0.25) is 0 Å². The summed E-state index contributed by atoms with van der Waals surface area (Å²) in [5.74, 6) is 1.53. The van der Waals surface area contributed by atoms with Crippen molar-refractivity contribution in [2.24, 2.45) is 0 Å². The zero-order valence-electron chi connectivity index (χ0n) is 11.1.